The summed E-state index contributed by atoms with van der Waals surface area (Å²) in [6.45, 7) is 0. The zero-order valence-electron chi connectivity index (χ0n) is 9.63. The molecule has 1 aromatic carbocycles. The summed E-state index contributed by atoms with van der Waals surface area (Å²) < 4.78 is 10.3. The van der Waals surface area contributed by atoms with E-state index >= 15 is 0 Å². The van der Waals surface area contributed by atoms with Crippen LogP contribution in [0.5, 0.6) is 5.75 Å². The molecule has 0 aliphatic carbocycles. The van der Waals surface area contributed by atoms with E-state index in [2.05, 4.69) is 4.74 Å². The lowest BCUT2D eigenvalue weighted by molar-refractivity contribution is -0.385. The number of carbonyl (C=O) groups excluding carboxylic acids is 1. The molecule has 7 heteroatoms. The number of thiophene rings is 1. The predicted octanol–water partition coefficient (Wildman–Crippen LogP) is 2.60. The van der Waals surface area contributed by atoms with Gasteiger partial charge in [-0.3, -0.25) is 10.1 Å². The Morgan fingerprint density at radius 3 is 2.61 bits per heavy atom. The van der Waals surface area contributed by atoms with Crippen molar-refractivity contribution in [3.05, 3.63) is 33.2 Å². The molecule has 0 radical (unpaired) electrons. The number of nitro groups is 1. The maximum atomic E-state index is 11.4. The van der Waals surface area contributed by atoms with Crippen LogP contribution in [0.4, 0.5) is 5.69 Å². The highest BCUT2D eigenvalue weighted by Crippen LogP contribution is 2.36. The first-order chi connectivity index (χ1) is 8.56. The van der Waals surface area contributed by atoms with Crippen LogP contribution >= 0.6 is 11.3 Å². The van der Waals surface area contributed by atoms with Crippen LogP contribution in [0, 0.1) is 10.1 Å². The fourth-order valence-corrected chi connectivity index (χ4v) is 2.55. The summed E-state index contributed by atoms with van der Waals surface area (Å²) in [6.07, 6.45) is 0. The predicted molar refractivity (Wildman–Crippen MR) is 66.4 cm³/mol. The number of fused-ring (bicyclic) bond motifs is 1. The molecular weight excluding hydrogens is 258 g/mol. The molecule has 0 unspecified atom stereocenters. The Hall–Kier alpha value is -2.15. The van der Waals surface area contributed by atoms with Gasteiger partial charge in [0.1, 0.15) is 4.88 Å². The number of rotatable bonds is 3. The summed E-state index contributed by atoms with van der Waals surface area (Å²) in [5.41, 5.74) is -0.126. The fraction of sp³-hybridized carbons (Fsp3) is 0.182. The Labute approximate surface area is 106 Å². The minimum Gasteiger partial charge on any atom is -0.490 e. The van der Waals surface area contributed by atoms with Crippen LogP contribution < -0.4 is 4.74 Å². The molecule has 2 rings (SSSR count). The summed E-state index contributed by atoms with van der Waals surface area (Å²) >= 11 is 1.20. The molecule has 0 atom stereocenters. The molecule has 0 aliphatic rings. The van der Waals surface area contributed by atoms with Gasteiger partial charge in [0.2, 0.25) is 0 Å². The third-order valence-corrected chi connectivity index (χ3v) is 3.48. The Kier molecular flexibility index (Phi) is 3.15. The van der Waals surface area contributed by atoms with Crippen LogP contribution in [0.25, 0.3) is 10.1 Å². The molecule has 0 spiro atoms. The zero-order valence-corrected chi connectivity index (χ0v) is 10.4. The van der Waals surface area contributed by atoms with E-state index in [1.54, 1.807) is 12.1 Å². The van der Waals surface area contributed by atoms with Crippen molar-refractivity contribution in [2.24, 2.45) is 0 Å². The molecule has 0 N–H and O–H groups in total. The van der Waals surface area contributed by atoms with Crippen molar-refractivity contribution in [2.45, 2.75) is 0 Å². The molecule has 18 heavy (non-hydrogen) atoms. The molecule has 0 fully saturated rings. The average Bonchev–Trinajstić information content (AvgIpc) is 2.78. The van der Waals surface area contributed by atoms with Gasteiger partial charge in [0.05, 0.1) is 19.1 Å². The summed E-state index contributed by atoms with van der Waals surface area (Å²) in [5.74, 6) is -0.288. The van der Waals surface area contributed by atoms with Crippen molar-refractivity contribution in [1.82, 2.24) is 0 Å². The van der Waals surface area contributed by atoms with E-state index in [1.807, 2.05) is 0 Å². The first kappa shape index (κ1) is 12.3. The number of hydrogen-bond acceptors (Lipinski definition) is 6. The van der Waals surface area contributed by atoms with Gasteiger partial charge in [-0.25, -0.2) is 4.79 Å². The van der Waals surface area contributed by atoms with Gasteiger partial charge < -0.3 is 9.47 Å². The van der Waals surface area contributed by atoms with Crippen LogP contribution in [0.15, 0.2) is 18.2 Å². The van der Waals surface area contributed by atoms with Crippen molar-refractivity contribution in [3.8, 4) is 5.75 Å². The van der Waals surface area contributed by atoms with Crippen molar-refractivity contribution in [3.63, 3.8) is 0 Å². The maximum Gasteiger partial charge on any atom is 0.348 e. The van der Waals surface area contributed by atoms with Gasteiger partial charge in [0.15, 0.2) is 5.75 Å². The fourth-order valence-electron chi connectivity index (χ4n) is 1.56. The number of nitrogens with zero attached hydrogens (tertiary/aromatic N) is 1. The summed E-state index contributed by atoms with van der Waals surface area (Å²) in [6, 6.07) is 4.50. The summed E-state index contributed by atoms with van der Waals surface area (Å²) in [5, 5.41) is 11.5. The van der Waals surface area contributed by atoms with E-state index < -0.39 is 10.9 Å². The van der Waals surface area contributed by atoms with Gasteiger partial charge in [0, 0.05) is 22.2 Å². The molecule has 0 aliphatic heterocycles. The molecule has 1 aromatic heterocycles. The van der Waals surface area contributed by atoms with Gasteiger partial charge in [-0.1, -0.05) is 0 Å². The quantitative estimate of drug-likeness (QED) is 0.485. The number of benzene rings is 1. The van der Waals surface area contributed by atoms with Gasteiger partial charge in [-0.15, -0.1) is 11.3 Å². The van der Waals surface area contributed by atoms with Gasteiger partial charge in [-0.05, 0) is 6.07 Å². The molecular formula is C11H9NO5S. The van der Waals surface area contributed by atoms with E-state index in [0.29, 0.717) is 10.3 Å². The Balaban J connectivity index is 2.63. The van der Waals surface area contributed by atoms with Gasteiger partial charge in [0.25, 0.3) is 0 Å². The number of carbonyl (C=O) groups is 1. The number of ether oxygens (including phenoxy) is 2. The molecule has 6 nitrogen and oxygen atoms in total. The summed E-state index contributed by atoms with van der Waals surface area (Å²) in [7, 11) is 2.65. The lowest BCUT2D eigenvalue weighted by Gasteiger charge is -2.00. The lowest BCUT2D eigenvalue weighted by Crippen LogP contribution is -1.96. The number of nitro benzene ring substituents is 1. The smallest absolute Gasteiger partial charge is 0.348 e. The van der Waals surface area contributed by atoms with Gasteiger partial charge >= 0.3 is 11.7 Å². The van der Waals surface area contributed by atoms with Crippen LogP contribution in [-0.2, 0) is 4.74 Å². The van der Waals surface area contributed by atoms with E-state index in [9.17, 15) is 14.9 Å². The third-order valence-electron chi connectivity index (χ3n) is 2.40. The largest absolute Gasteiger partial charge is 0.490 e. The van der Waals surface area contributed by atoms with Crippen molar-refractivity contribution < 1.29 is 19.2 Å². The van der Waals surface area contributed by atoms with E-state index in [4.69, 9.17) is 4.74 Å². The average molecular weight is 267 g/mol. The van der Waals surface area contributed by atoms with Crippen LogP contribution in [0.3, 0.4) is 0 Å². The summed E-state index contributed by atoms with van der Waals surface area (Å²) in [4.78, 5) is 22.1. The lowest BCUT2D eigenvalue weighted by atomic mass is 10.2. The monoisotopic (exact) mass is 267 g/mol. The second kappa shape index (κ2) is 4.61. The number of methoxy groups -OCH3 is 2. The van der Waals surface area contributed by atoms with Crippen molar-refractivity contribution in [1.29, 1.82) is 0 Å². The van der Waals surface area contributed by atoms with Crippen LogP contribution in [0.2, 0.25) is 0 Å². The molecule has 0 saturated heterocycles. The second-order valence-electron chi connectivity index (χ2n) is 3.42. The molecule has 0 saturated carbocycles. The topological polar surface area (TPSA) is 78.7 Å². The zero-order chi connectivity index (χ0) is 13.3. The highest BCUT2D eigenvalue weighted by molar-refractivity contribution is 7.20. The SMILES string of the molecule is COC(=O)c1cc2cc([N+](=O)[O-])c(OC)cc2s1. The number of hydrogen-bond donors (Lipinski definition) is 0. The van der Waals surface area contributed by atoms with E-state index in [-0.39, 0.29) is 11.4 Å². The van der Waals surface area contributed by atoms with E-state index in [0.717, 1.165) is 4.70 Å². The highest BCUT2D eigenvalue weighted by atomic mass is 32.1. The Morgan fingerprint density at radius 2 is 2.06 bits per heavy atom. The van der Waals surface area contributed by atoms with Gasteiger partial charge in [-0.2, -0.15) is 0 Å². The number of esters is 1. The first-order valence-corrected chi connectivity index (χ1v) is 5.72. The molecule has 2 aromatic rings. The van der Waals surface area contributed by atoms with Crippen LogP contribution in [0.1, 0.15) is 9.67 Å². The third kappa shape index (κ3) is 2.00. The van der Waals surface area contributed by atoms with Crippen molar-refractivity contribution in [2.75, 3.05) is 14.2 Å². The molecule has 0 bridgehead atoms. The Morgan fingerprint density at radius 1 is 1.33 bits per heavy atom. The normalized spacial score (nSPS) is 10.3. The molecule has 0 amide bonds. The standard InChI is InChI=1S/C11H9NO5S/c1-16-8-5-9-6(3-7(8)12(14)15)4-10(18-9)11(13)17-2/h3-5H,1-2H3. The van der Waals surface area contributed by atoms with Crippen molar-refractivity contribution >= 4 is 33.1 Å². The van der Waals surface area contributed by atoms with E-state index in [1.165, 1.54) is 31.6 Å². The minimum absolute atomic E-state index is 0.126. The Bertz CT molecular complexity index is 634. The highest BCUT2D eigenvalue weighted by Gasteiger charge is 2.19. The molecule has 94 valence electrons. The minimum atomic E-state index is -0.520. The van der Waals surface area contributed by atoms with Crippen LogP contribution in [-0.4, -0.2) is 25.1 Å². The second-order valence-corrected chi connectivity index (χ2v) is 4.51. The maximum absolute atomic E-state index is 11.4. The first-order valence-electron chi connectivity index (χ1n) is 4.91. The molecule has 1 heterocycles.